The molecule has 1 N–H and O–H groups in total. The molecule has 24 heavy (non-hydrogen) atoms. The van der Waals surface area contributed by atoms with Gasteiger partial charge >= 0.3 is 0 Å². The van der Waals surface area contributed by atoms with E-state index in [4.69, 9.17) is 0 Å². The first-order chi connectivity index (χ1) is 11.8. The van der Waals surface area contributed by atoms with E-state index < -0.39 is 0 Å². The van der Waals surface area contributed by atoms with Crippen molar-refractivity contribution in [1.82, 2.24) is 30.1 Å². The lowest BCUT2D eigenvalue weighted by Crippen LogP contribution is -2.44. The first kappa shape index (κ1) is 14.9. The fourth-order valence-electron chi connectivity index (χ4n) is 3.42. The molecule has 0 aliphatic carbocycles. The number of aryl methyl sites for hydroxylation is 1. The average Bonchev–Trinajstić information content (AvgIpc) is 3.30. The Kier molecular flexibility index (Phi) is 3.98. The van der Waals surface area contributed by atoms with Crippen LogP contribution in [0.1, 0.15) is 36.0 Å². The molecule has 1 atom stereocenters. The minimum atomic E-state index is 0.0880. The number of fused-ring (bicyclic) bond motifs is 1. The van der Waals surface area contributed by atoms with Crippen LogP contribution in [-0.2, 0) is 6.54 Å². The second kappa shape index (κ2) is 6.43. The summed E-state index contributed by atoms with van der Waals surface area (Å²) in [5.41, 5.74) is 2.19. The highest BCUT2D eigenvalue weighted by molar-refractivity contribution is 5.97. The Morgan fingerprint density at radius 2 is 2.17 bits per heavy atom. The summed E-state index contributed by atoms with van der Waals surface area (Å²) in [6, 6.07) is 7.70. The van der Waals surface area contributed by atoms with Gasteiger partial charge in [-0.05, 0) is 49.9 Å². The van der Waals surface area contributed by atoms with Crippen molar-refractivity contribution in [2.75, 3.05) is 6.54 Å². The molecule has 3 heterocycles. The van der Waals surface area contributed by atoms with Crippen molar-refractivity contribution in [3.05, 3.63) is 42.2 Å². The minimum Gasteiger partial charge on any atom is -0.336 e. The van der Waals surface area contributed by atoms with Crippen molar-refractivity contribution in [3.8, 4) is 0 Å². The smallest absolute Gasteiger partial charge is 0.254 e. The van der Waals surface area contributed by atoms with Gasteiger partial charge in [0.25, 0.3) is 5.91 Å². The third kappa shape index (κ3) is 2.89. The molecule has 4 rings (SSSR count). The Morgan fingerprint density at radius 1 is 1.25 bits per heavy atom. The van der Waals surface area contributed by atoms with Crippen LogP contribution in [0.15, 0.2) is 36.7 Å². The quantitative estimate of drug-likeness (QED) is 0.798. The molecule has 124 valence electrons. The number of H-pyrrole nitrogens is 1. The molecule has 1 amide bonds. The molecule has 2 aromatic heterocycles. The zero-order valence-electron chi connectivity index (χ0n) is 13.4. The van der Waals surface area contributed by atoms with Gasteiger partial charge in [-0.2, -0.15) is 20.5 Å². The third-order valence-corrected chi connectivity index (χ3v) is 4.70. The van der Waals surface area contributed by atoms with E-state index >= 15 is 0 Å². The number of carbonyl (C=O) groups excluding carboxylic acids is 1. The Bertz CT molecular complexity index is 825. The van der Waals surface area contributed by atoms with E-state index in [1.54, 1.807) is 6.20 Å². The van der Waals surface area contributed by atoms with E-state index in [0.717, 1.165) is 43.4 Å². The lowest BCUT2D eigenvalue weighted by Gasteiger charge is -2.36. The Balaban J connectivity index is 1.51. The molecule has 3 aromatic rings. The maximum atomic E-state index is 13.0. The van der Waals surface area contributed by atoms with Crippen LogP contribution >= 0.6 is 0 Å². The number of aromatic amines is 1. The van der Waals surface area contributed by atoms with Gasteiger partial charge in [0.1, 0.15) is 11.0 Å². The highest BCUT2D eigenvalue weighted by atomic mass is 16.2. The summed E-state index contributed by atoms with van der Waals surface area (Å²) < 4.78 is 1.93. The van der Waals surface area contributed by atoms with Gasteiger partial charge in [-0.1, -0.05) is 0 Å². The number of hydrogen-bond acceptors (Lipinski definition) is 4. The van der Waals surface area contributed by atoms with Crippen LogP contribution in [-0.4, -0.2) is 48.6 Å². The summed E-state index contributed by atoms with van der Waals surface area (Å²) in [4.78, 5) is 15.0. The number of piperidine rings is 1. The molecule has 0 spiro atoms. The van der Waals surface area contributed by atoms with E-state index in [0.29, 0.717) is 5.56 Å². The van der Waals surface area contributed by atoms with Crippen LogP contribution in [0.2, 0.25) is 0 Å². The number of benzene rings is 1. The van der Waals surface area contributed by atoms with Gasteiger partial charge in [-0.25, -0.2) is 0 Å². The maximum absolute atomic E-state index is 13.0. The molecule has 1 aliphatic rings. The number of nitrogens with zero attached hydrogens (tertiary/aromatic N) is 5. The monoisotopic (exact) mass is 324 g/mol. The molecule has 0 bridgehead atoms. The predicted octanol–water partition coefficient (Wildman–Crippen LogP) is 2.24. The highest BCUT2D eigenvalue weighted by Gasteiger charge is 2.27. The first-order valence-corrected chi connectivity index (χ1v) is 8.40. The molecule has 0 radical (unpaired) electrons. The second-order valence-electron chi connectivity index (χ2n) is 6.23. The summed E-state index contributed by atoms with van der Waals surface area (Å²) in [5, 5.41) is 15.0. The van der Waals surface area contributed by atoms with Crippen molar-refractivity contribution < 1.29 is 4.79 Å². The van der Waals surface area contributed by atoms with E-state index in [1.807, 2.05) is 40.0 Å². The van der Waals surface area contributed by atoms with Gasteiger partial charge in [0, 0.05) is 37.1 Å². The van der Waals surface area contributed by atoms with Crippen LogP contribution in [0, 0.1) is 0 Å². The van der Waals surface area contributed by atoms with Crippen LogP contribution in [0.3, 0.4) is 0 Å². The lowest BCUT2D eigenvalue weighted by molar-refractivity contribution is 0.0594. The van der Waals surface area contributed by atoms with Gasteiger partial charge in [0.15, 0.2) is 0 Å². The number of likely N-dealkylation sites (tertiary alicyclic amines) is 1. The molecule has 1 aromatic carbocycles. The fraction of sp³-hybridized carbons (Fsp3) is 0.412. The summed E-state index contributed by atoms with van der Waals surface area (Å²) in [6.45, 7) is 1.66. The largest absolute Gasteiger partial charge is 0.336 e. The van der Waals surface area contributed by atoms with Crippen LogP contribution in [0.25, 0.3) is 11.0 Å². The fourth-order valence-corrected chi connectivity index (χ4v) is 3.42. The van der Waals surface area contributed by atoms with Crippen molar-refractivity contribution in [2.45, 2.75) is 38.3 Å². The van der Waals surface area contributed by atoms with Crippen molar-refractivity contribution >= 4 is 16.9 Å². The number of carbonyl (C=O) groups is 1. The Hall–Kier alpha value is -2.70. The molecule has 1 unspecified atom stereocenters. The first-order valence-electron chi connectivity index (χ1n) is 8.40. The SMILES string of the molecule is O=C(c1ccc2n[nH]nc2c1)N1CCCCC1CCn1cccn1. The molecule has 1 aliphatic heterocycles. The number of nitrogens with one attached hydrogen (secondary N) is 1. The minimum absolute atomic E-state index is 0.0880. The summed E-state index contributed by atoms with van der Waals surface area (Å²) in [6.07, 6.45) is 7.98. The van der Waals surface area contributed by atoms with Crippen LogP contribution in [0.5, 0.6) is 0 Å². The van der Waals surface area contributed by atoms with E-state index in [9.17, 15) is 4.79 Å². The highest BCUT2D eigenvalue weighted by Crippen LogP contribution is 2.23. The van der Waals surface area contributed by atoms with Gasteiger partial charge in [0.2, 0.25) is 0 Å². The van der Waals surface area contributed by atoms with Gasteiger partial charge in [-0.15, -0.1) is 0 Å². The van der Waals surface area contributed by atoms with E-state index in [1.165, 1.54) is 6.42 Å². The average molecular weight is 324 g/mol. The van der Waals surface area contributed by atoms with Crippen molar-refractivity contribution in [2.24, 2.45) is 0 Å². The van der Waals surface area contributed by atoms with Crippen molar-refractivity contribution in [1.29, 1.82) is 0 Å². The molecular weight excluding hydrogens is 304 g/mol. The predicted molar refractivity (Wildman–Crippen MR) is 89.4 cm³/mol. The van der Waals surface area contributed by atoms with Gasteiger partial charge in [0.05, 0.1) is 0 Å². The molecule has 1 fully saturated rings. The second-order valence-corrected chi connectivity index (χ2v) is 6.23. The zero-order valence-corrected chi connectivity index (χ0v) is 13.4. The number of aromatic nitrogens is 5. The molecule has 7 nitrogen and oxygen atoms in total. The topological polar surface area (TPSA) is 79.7 Å². The summed E-state index contributed by atoms with van der Waals surface area (Å²) in [7, 11) is 0. The van der Waals surface area contributed by atoms with Gasteiger partial charge in [-0.3, -0.25) is 9.48 Å². The summed E-state index contributed by atoms with van der Waals surface area (Å²) in [5.74, 6) is 0.0880. The standard InChI is InChI=1S/C17H20N6O/c24-17(13-5-6-15-16(12-13)20-21-19-15)23-10-2-1-4-14(23)7-11-22-9-3-8-18-22/h3,5-6,8-9,12,14H,1-2,4,7,10-11H2,(H,19,20,21). The van der Waals surface area contributed by atoms with Crippen LogP contribution < -0.4 is 0 Å². The normalized spacial score (nSPS) is 18.2. The Morgan fingerprint density at radius 3 is 3.04 bits per heavy atom. The van der Waals surface area contributed by atoms with Gasteiger partial charge < -0.3 is 4.90 Å². The number of amides is 1. The zero-order chi connectivity index (χ0) is 16.4. The third-order valence-electron chi connectivity index (χ3n) is 4.70. The Labute approximate surface area is 139 Å². The molecule has 1 saturated heterocycles. The molecular formula is C17H20N6O. The van der Waals surface area contributed by atoms with E-state index in [-0.39, 0.29) is 11.9 Å². The number of rotatable bonds is 4. The summed E-state index contributed by atoms with van der Waals surface area (Å²) >= 11 is 0. The van der Waals surface area contributed by atoms with Crippen molar-refractivity contribution in [3.63, 3.8) is 0 Å². The molecule has 7 heteroatoms. The number of hydrogen-bond donors (Lipinski definition) is 1. The lowest BCUT2D eigenvalue weighted by atomic mass is 9.98. The van der Waals surface area contributed by atoms with E-state index in [2.05, 4.69) is 20.5 Å². The van der Waals surface area contributed by atoms with Crippen LogP contribution in [0.4, 0.5) is 0 Å². The maximum Gasteiger partial charge on any atom is 0.254 e. The molecule has 0 saturated carbocycles.